The Morgan fingerprint density at radius 1 is 1.26 bits per heavy atom. The van der Waals surface area contributed by atoms with Crippen LogP contribution in [0.5, 0.6) is 0 Å². The maximum absolute atomic E-state index is 11.4. The standard InChI is InChI=1S/C14H10N6O3/c1-2-22-14(21)18-17-10-8-6-4-3-5-7(8)9-11(10)16-13-12(15-9)19-23-20-13/h3-6H,2H2,1H3,(H,16,20). The molecule has 0 spiro atoms. The van der Waals surface area contributed by atoms with E-state index in [1.807, 2.05) is 24.3 Å². The highest BCUT2D eigenvalue weighted by Crippen LogP contribution is 2.38. The van der Waals surface area contributed by atoms with Gasteiger partial charge in [0.25, 0.3) is 0 Å². The number of aromatic nitrogens is 4. The second-order valence-electron chi connectivity index (χ2n) is 4.67. The summed E-state index contributed by atoms with van der Waals surface area (Å²) in [6.07, 6.45) is -0.753. The van der Waals surface area contributed by atoms with Crippen molar-refractivity contribution in [3.05, 3.63) is 24.3 Å². The monoisotopic (exact) mass is 310 g/mol. The number of hydrogen-bond acceptors (Lipinski definition) is 7. The van der Waals surface area contributed by atoms with E-state index in [1.165, 1.54) is 0 Å². The van der Waals surface area contributed by atoms with Crippen molar-refractivity contribution < 1.29 is 14.2 Å². The van der Waals surface area contributed by atoms with E-state index in [0.717, 1.165) is 10.8 Å². The van der Waals surface area contributed by atoms with Gasteiger partial charge in [0, 0.05) is 10.8 Å². The molecular formula is C14H10N6O3. The molecule has 0 aliphatic rings. The average Bonchev–Trinajstić information content (AvgIpc) is 3.13. The fourth-order valence-electron chi connectivity index (χ4n) is 2.39. The van der Waals surface area contributed by atoms with Gasteiger partial charge in [-0.3, -0.25) is 4.63 Å². The third kappa shape index (κ3) is 2.09. The second kappa shape index (κ2) is 5.13. The van der Waals surface area contributed by atoms with Crippen LogP contribution in [0.3, 0.4) is 0 Å². The van der Waals surface area contributed by atoms with Crippen LogP contribution in [0.25, 0.3) is 33.1 Å². The van der Waals surface area contributed by atoms with Gasteiger partial charge in [-0.2, -0.15) is 5.16 Å². The van der Waals surface area contributed by atoms with Gasteiger partial charge in [-0.15, -0.1) is 5.11 Å². The third-order valence-corrected chi connectivity index (χ3v) is 3.31. The fourth-order valence-corrected chi connectivity index (χ4v) is 2.39. The molecule has 9 nitrogen and oxygen atoms in total. The number of carbonyl (C=O) groups is 1. The molecule has 0 radical (unpaired) electrons. The Balaban J connectivity index is 2.00. The summed E-state index contributed by atoms with van der Waals surface area (Å²) in [5.74, 6) is 0. The molecule has 1 N–H and O–H groups in total. The van der Waals surface area contributed by atoms with E-state index < -0.39 is 6.09 Å². The molecule has 2 aromatic carbocycles. The van der Waals surface area contributed by atoms with Crippen molar-refractivity contribution in [3.63, 3.8) is 0 Å². The van der Waals surface area contributed by atoms with Crippen LogP contribution in [0.4, 0.5) is 10.5 Å². The first-order valence-corrected chi connectivity index (χ1v) is 6.88. The van der Waals surface area contributed by atoms with Crippen molar-refractivity contribution >= 4 is 44.9 Å². The first-order chi connectivity index (χ1) is 11.3. The van der Waals surface area contributed by atoms with Crippen LogP contribution < -0.4 is 0 Å². The number of aromatic amines is 1. The summed E-state index contributed by atoms with van der Waals surface area (Å²) in [5, 5.41) is 15.5. The number of nitrogens with zero attached hydrogens (tertiary/aromatic N) is 5. The van der Waals surface area contributed by atoms with E-state index in [4.69, 9.17) is 9.37 Å². The van der Waals surface area contributed by atoms with Crippen LogP contribution in [-0.4, -0.2) is 33.0 Å². The summed E-state index contributed by atoms with van der Waals surface area (Å²) in [5.41, 5.74) is 2.33. The zero-order valence-electron chi connectivity index (χ0n) is 12.0. The maximum Gasteiger partial charge on any atom is 0.452 e. The molecule has 0 bridgehead atoms. The number of H-pyrrole nitrogens is 1. The van der Waals surface area contributed by atoms with E-state index in [9.17, 15) is 4.79 Å². The van der Waals surface area contributed by atoms with E-state index >= 15 is 0 Å². The Hall–Kier alpha value is -3.36. The minimum atomic E-state index is -0.753. The molecule has 0 fully saturated rings. The Bertz CT molecular complexity index is 1060. The molecule has 2 aromatic heterocycles. The first-order valence-electron chi connectivity index (χ1n) is 6.88. The summed E-state index contributed by atoms with van der Waals surface area (Å²) in [7, 11) is 0. The lowest BCUT2D eigenvalue weighted by Crippen LogP contribution is -1.95. The third-order valence-electron chi connectivity index (χ3n) is 3.31. The SMILES string of the molecule is CCOC(=O)N=Nc1c2ccccc2c2nc3no[nH]c3nc12. The lowest BCUT2D eigenvalue weighted by molar-refractivity contribution is 0.162. The zero-order valence-corrected chi connectivity index (χ0v) is 12.0. The summed E-state index contributed by atoms with van der Waals surface area (Å²) < 4.78 is 9.52. The number of benzene rings is 1. The van der Waals surface area contributed by atoms with Gasteiger partial charge in [0.05, 0.1) is 6.61 Å². The number of ether oxygens (including phenoxy) is 1. The van der Waals surface area contributed by atoms with E-state index in [-0.39, 0.29) is 6.61 Å². The van der Waals surface area contributed by atoms with Crippen LogP contribution in [0.1, 0.15) is 6.92 Å². The van der Waals surface area contributed by atoms with Gasteiger partial charge in [0.2, 0.25) is 11.3 Å². The summed E-state index contributed by atoms with van der Waals surface area (Å²) in [4.78, 5) is 20.3. The topological polar surface area (TPSA) is 119 Å². The normalized spacial score (nSPS) is 11.9. The van der Waals surface area contributed by atoms with Gasteiger partial charge < -0.3 is 4.74 Å². The van der Waals surface area contributed by atoms with Gasteiger partial charge >= 0.3 is 6.09 Å². The zero-order chi connectivity index (χ0) is 15.8. The molecule has 0 aliphatic carbocycles. The minimum absolute atomic E-state index is 0.233. The number of rotatable bonds is 2. The number of fused-ring (bicyclic) bond motifs is 4. The molecule has 114 valence electrons. The van der Waals surface area contributed by atoms with Crippen molar-refractivity contribution in [1.29, 1.82) is 0 Å². The number of hydrogen-bond donors (Lipinski definition) is 1. The van der Waals surface area contributed by atoms with Crippen molar-refractivity contribution in [3.8, 4) is 0 Å². The Morgan fingerprint density at radius 2 is 2.09 bits per heavy atom. The molecule has 2 heterocycles. The molecule has 0 saturated carbocycles. The molecular weight excluding hydrogens is 300 g/mol. The van der Waals surface area contributed by atoms with Crippen molar-refractivity contribution in [1.82, 2.24) is 20.3 Å². The summed E-state index contributed by atoms with van der Waals surface area (Å²) in [6.45, 7) is 1.93. The number of azo groups is 1. The molecule has 4 rings (SSSR count). The lowest BCUT2D eigenvalue weighted by atomic mass is 10.2. The van der Waals surface area contributed by atoms with Crippen LogP contribution in [-0.2, 0) is 4.74 Å². The molecule has 0 atom stereocenters. The number of amides is 1. The predicted molar refractivity (Wildman–Crippen MR) is 80.5 cm³/mol. The van der Waals surface area contributed by atoms with Gasteiger partial charge in [0.1, 0.15) is 16.7 Å². The Morgan fingerprint density at radius 3 is 2.91 bits per heavy atom. The molecule has 9 heteroatoms. The quantitative estimate of drug-likeness (QED) is 0.566. The van der Waals surface area contributed by atoms with Crippen LogP contribution in [0.15, 0.2) is 39.1 Å². The van der Waals surface area contributed by atoms with Gasteiger partial charge in [-0.1, -0.05) is 29.4 Å². The van der Waals surface area contributed by atoms with Crippen LogP contribution >= 0.6 is 0 Å². The van der Waals surface area contributed by atoms with Crippen LogP contribution in [0, 0.1) is 0 Å². The molecule has 4 aromatic rings. The molecule has 1 amide bonds. The van der Waals surface area contributed by atoms with E-state index in [2.05, 4.69) is 30.5 Å². The lowest BCUT2D eigenvalue weighted by Gasteiger charge is -1.94. The first kappa shape index (κ1) is 13.3. The van der Waals surface area contributed by atoms with Crippen molar-refractivity contribution in [2.24, 2.45) is 10.2 Å². The van der Waals surface area contributed by atoms with E-state index in [0.29, 0.717) is 28.0 Å². The summed E-state index contributed by atoms with van der Waals surface area (Å²) in [6, 6.07) is 7.51. The average molecular weight is 310 g/mol. The number of carbonyl (C=O) groups excluding carboxylic acids is 1. The highest BCUT2D eigenvalue weighted by Gasteiger charge is 2.17. The minimum Gasteiger partial charge on any atom is -0.447 e. The predicted octanol–water partition coefficient (Wildman–Crippen LogP) is 3.49. The highest BCUT2D eigenvalue weighted by atomic mass is 16.6. The Kier molecular flexibility index (Phi) is 2.97. The Labute approximate surface area is 128 Å². The second-order valence-corrected chi connectivity index (χ2v) is 4.67. The highest BCUT2D eigenvalue weighted by molar-refractivity contribution is 6.18. The van der Waals surface area contributed by atoms with Crippen LogP contribution in [0.2, 0.25) is 0 Å². The fraction of sp³-hybridized carbons (Fsp3) is 0.143. The molecule has 23 heavy (non-hydrogen) atoms. The molecule has 0 aliphatic heterocycles. The molecule has 0 unspecified atom stereocenters. The van der Waals surface area contributed by atoms with Gasteiger partial charge in [-0.25, -0.2) is 14.8 Å². The van der Waals surface area contributed by atoms with Gasteiger partial charge in [0.15, 0.2) is 0 Å². The van der Waals surface area contributed by atoms with Crippen molar-refractivity contribution in [2.45, 2.75) is 6.92 Å². The molecule has 0 saturated heterocycles. The van der Waals surface area contributed by atoms with Crippen molar-refractivity contribution in [2.75, 3.05) is 6.61 Å². The van der Waals surface area contributed by atoms with Gasteiger partial charge in [-0.05, 0) is 12.1 Å². The van der Waals surface area contributed by atoms with E-state index in [1.54, 1.807) is 6.92 Å². The maximum atomic E-state index is 11.4. The number of nitrogens with one attached hydrogen (secondary N) is 1. The largest absolute Gasteiger partial charge is 0.452 e. The smallest absolute Gasteiger partial charge is 0.447 e. The summed E-state index contributed by atoms with van der Waals surface area (Å²) >= 11 is 0.